The predicted molar refractivity (Wildman–Crippen MR) is 115 cm³/mol. The monoisotopic (exact) mass is 423 g/mol. The van der Waals surface area contributed by atoms with Gasteiger partial charge in [-0.15, -0.1) is 0 Å². The number of fused-ring (bicyclic) bond motifs is 1. The van der Waals surface area contributed by atoms with Gasteiger partial charge >= 0.3 is 0 Å². The van der Waals surface area contributed by atoms with Crippen LogP contribution < -0.4 is 0 Å². The molecule has 1 atom stereocenters. The summed E-state index contributed by atoms with van der Waals surface area (Å²) in [7, 11) is 1.85. The minimum atomic E-state index is -0.304. The molecule has 4 rings (SSSR count). The summed E-state index contributed by atoms with van der Waals surface area (Å²) in [6, 6.07) is 7.80. The Labute approximate surface area is 180 Å². The summed E-state index contributed by atoms with van der Waals surface area (Å²) in [6.07, 6.45) is 3.48. The van der Waals surface area contributed by atoms with E-state index in [4.69, 9.17) is 0 Å². The molecule has 0 spiro atoms. The predicted octanol–water partition coefficient (Wildman–Crippen LogP) is 3.01. The third-order valence-electron chi connectivity index (χ3n) is 5.84. The Kier molecular flexibility index (Phi) is 5.71. The first-order valence-electron chi connectivity index (χ1n) is 10.4. The van der Waals surface area contributed by atoms with Gasteiger partial charge in [-0.05, 0) is 29.7 Å². The average Bonchev–Trinajstić information content (AvgIpc) is 3.04. The van der Waals surface area contributed by atoms with Gasteiger partial charge < -0.3 is 14.4 Å². The SMILES string of the molecule is CC(C)C1CN(C(=O)c2cnc3c(c2)ncn3C)CCC(=O)N1Cc1ccc(F)cc1. The third kappa shape index (κ3) is 4.28. The van der Waals surface area contributed by atoms with E-state index in [1.54, 1.807) is 40.2 Å². The molecule has 162 valence electrons. The first-order valence-corrected chi connectivity index (χ1v) is 10.4. The van der Waals surface area contributed by atoms with Crippen LogP contribution in [-0.4, -0.2) is 55.3 Å². The van der Waals surface area contributed by atoms with Crippen LogP contribution in [0.1, 0.15) is 36.2 Å². The summed E-state index contributed by atoms with van der Waals surface area (Å²) in [6.45, 7) is 5.27. The smallest absolute Gasteiger partial charge is 0.255 e. The largest absolute Gasteiger partial charge is 0.336 e. The number of pyridine rings is 1. The van der Waals surface area contributed by atoms with Gasteiger partial charge in [-0.2, -0.15) is 0 Å². The number of imidazole rings is 1. The van der Waals surface area contributed by atoms with E-state index in [9.17, 15) is 14.0 Å². The van der Waals surface area contributed by atoms with E-state index in [-0.39, 0.29) is 36.0 Å². The van der Waals surface area contributed by atoms with Gasteiger partial charge in [0, 0.05) is 39.3 Å². The molecular formula is C23H26FN5O2. The zero-order valence-electron chi connectivity index (χ0n) is 18.0. The Hall–Kier alpha value is -3.29. The zero-order chi connectivity index (χ0) is 22.1. The van der Waals surface area contributed by atoms with Gasteiger partial charge in [-0.3, -0.25) is 9.59 Å². The standard InChI is InChI=1S/C23H26FN5O2/c1-15(2)20-13-28(23(31)17-10-19-22(25-11-17)27(3)14-26-19)9-8-21(30)29(20)12-16-4-6-18(24)7-5-16/h4-7,10-11,14-15,20H,8-9,12-13H2,1-3H3. The summed E-state index contributed by atoms with van der Waals surface area (Å²) in [5.74, 6) is -0.311. The molecule has 3 heterocycles. The highest BCUT2D eigenvalue weighted by Crippen LogP contribution is 2.23. The number of hydrogen-bond donors (Lipinski definition) is 0. The molecule has 1 fully saturated rings. The van der Waals surface area contributed by atoms with Gasteiger partial charge in [0.1, 0.15) is 11.3 Å². The molecule has 1 saturated heterocycles. The minimum absolute atomic E-state index is 0.00312. The lowest BCUT2D eigenvalue weighted by atomic mass is 10.0. The molecule has 1 aliphatic heterocycles. The summed E-state index contributed by atoms with van der Waals surface area (Å²) in [5, 5.41) is 0. The van der Waals surface area contributed by atoms with Gasteiger partial charge in [0.15, 0.2) is 5.65 Å². The summed E-state index contributed by atoms with van der Waals surface area (Å²) in [4.78, 5) is 38.4. The van der Waals surface area contributed by atoms with Crippen molar-refractivity contribution in [3.63, 3.8) is 0 Å². The van der Waals surface area contributed by atoms with Crippen molar-refractivity contribution < 1.29 is 14.0 Å². The van der Waals surface area contributed by atoms with E-state index < -0.39 is 0 Å². The van der Waals surface area contributed by atoms with Crippen LogP contribution in [0.4, 0.5) is 4.39 Å². The van der Waals surface area contributed by atoms with E-state index in [0.29, 0.717) is 36.4 Å². The maximum absolute atomic E-state index is 13.3. The summed E-state index contributed by atoms with van der Waals surface area (Å²) < 4.78 is 15.1. The van der Waals surface area contributed by atoms with E-state index >= 15 is 0 Å². The maximum Gasteiger partial charge on any atom is 0.255 e. The van der Waals surface area contributed by atoms with Crippen molar-refractivity contribution >= 4 is 23.0 Å². The number of rotatable bonds is 4. The molecule has 2 aromatic heterocycles. The van der Waals surface area contributed by atoms with Crippen molar-refractivity contribution in [1.29, 1.82) is 0 Å². The molecule has 0 saturated carbocycles. The molecule has 1 aliphatic rings. The number of benzene rings is 1. The Morgan fingerprint density at radius 2 is 1.97 bits per heavy atom. The molecule has 0 bridgehead atoms. The lowest BCUT2D eigenvalue weighted by Gasteiger charge is -2.34. The van der Waals surface area contributed by atoms with Crippen LogP contribution >= 0.6 is 0 Å². The molecule has 0 N–H and O–H groups in total. The van der Waals surface area contributed by atoms with Crippen LogP contribution in [0.3, 0.4) is 0 Å². The average molecular weight is 423 g/mol. The molecule has 0 radical (unpaired) electrons. The second kappa shape index (κ2) is 8.45. The highest BCUT2D eigenvalue weighted by atomic mass is 19.1. The normalized spacial score (nSPS) is 17.5. The second-order valence-corrected chi connectivity index (χ2v) is 8.38. The van der Waals surface area contributed by atoms with Crippen molar-refractivity contribution in [3.8, 4) is 0 Å². The minimum Gasteiger partial charge on any atom is -0.336 e. The lowest BCUT2D eigenvalue weighted by Crippen LogP contribution is -2.47. The van der Waals surface area contributed by atoms with Crippen molar-refractivity contribution in [1.82, 2.24) is 24.3 Å². The quantitative estimate of drug-likeness (QED) is 0.647. The third-order valence-corrected chi connectivity index (χ3v) is 5.84. The number of amides is 2. The fourth-order valence-electron chi connectivity index (χ4n) is 4.04. The number of aryl methyl sites for hydroxylation is 1. The summed E-state index contributed by atoms with van der Waals surface area (Å²) in [5.41, 5.74) is 2.71. The second-order valence-electron chi connectivity index (χ2n) is 8.38. The fraction of sp³-hybridized carbons (Fsp3) is 0.391. The highest BCUT2D eigenvalue weighted by molar-refractivity contribution is 5.96. The number of halogens is 1. The molecule has 0 aliphatic carbocycles. The van der Waals surface area contributed by atoms with E-state index in [0.717, 1.165) is 5.56 Å². The Morgan fingerprint density at radius 3 is 2.68 bits per heavy atom. The van der Waals surface area contributed by atoms with Crippen LogP contribution in [-0.2, 0) is 18.4 Å². The molecule has 31 heavy (non-hydrogen) atoms. The number of nitrogens with zero attached hydrogens (tertiary/aromatic N) is 5. The van der Waals surface area contributed by atoms with Crippen LogP contribution in [0.2, 0.25) is 0 Å². The molecule has 1 aromatic carbocycles. The van der Waals surface area contributed by atoms with Crippen molar-refractivity contribution in [2.75, 3.05) is 13.1 Å². The van der Waals surface area contributed by atoms with Crippen molar-refractivity contribution in [2.24, 2.45) is 13.0 Å². The topological polar surface area (TPSA) is 71.3 Å². The molecule has 1 unspecified atom stereocenters. The van der Waals surface area contributed by atoms with Crippen LogP contribution in [0.25, 0.3) is 11.2 Å². The van der Waals surface area contributed by atoms with E-state index in [2.05, 4.69) is 9.97 Å². The van der Waals surface area contributed by atoms with Gasteiger partial charge in [0.05, 0.1) is 17.9 Å². The van der Waals surface area contributed by atoms with Crippen molar-refractivity contribution in [3.05, 3.63) is 59.8 Å². The zero-order valence-corrected chi connectivity index (χ0v) is 18.0. The maximum atomic E-state index is 13.3. The van der Waals surface area contributed by atoms with Crippen LogP contribution in [0.5, 0.6) is 0 Å². The van der Waals surface area contributed by atoms with Crippen molar-refractivity contribution in [2.45, 2.75) is 32.9 Å². The van der Waals surface area contributed by atoms with Gasteiger partial charge in [0.2, 0.25) is 5.91 Å². The van der Waals surface area contributed by atoms with Gasteiger partial charge in [-0.1, -0.05) is 26.0 Å². The molecular weight excluding hydrogens is 397 g/mol. The van der Waals surface area contributed by atoms with Crippen LogP contribution in [0, 0.1) is 11.7 Å². The van der Waals surface area contributed by atoms with E-state index in [1.165, 1.54) is 12.1 Å². The molecule has 8 heteroatoms. The molecule has 3 aromatic rings. The lowest BCUT2D eigenvalue weighted by molar-refractivity contribution is -0.134. The molecule has 7 nitrogen and oxygen atoms in total. The van der Waals surface area contributed by atoms with Crippen LogP contribution in [0.15, 0.2) is 42.9 Å². The number of aromatic nitrogens is 3. The van der Waals surface area contributed by atoms with E-state index in [1.807, 2.05) is 25.8 Å². The fourth-order valence-corrected chi connectivity index (χ4v) is 4.04. The first kappa shape index (κ1) is 21.0. The Bertz CT molecular complexity index is 1110. The van der Waals surface area contributed by atoms with Gasteiger partial charge in [0.25, 0.3) is 5.91 Å². The number of carbonyl (C=O) groups excluding carboxylic acids is 2. The molecule has 2 amide bonds. The number of hydrogen-bond acceptors (Lipinski definition) is 4. The Balaban J connectivity index is 1.58. The Morgan fingerprint density at radius 1 is 1.23 bits per heavy atom. The first-order chi connectivity index (χ1) is 14.8. The van der Waals surface area contributed by atoms with Gasteiger partial charge in [-0.25, -0.2) is 14.4 Å². The number of carbonyl (C=O) groups is 2. The summed E-state index contributed by atoms with van der Waals surface area (Å²) >= 11 is 0. The highest BCUT2D eigenvalue weighted by Gasteiger charge is 2.34.